The van der Waals surface area contributed by atoms with Gasteiger partial charge in [-0.1, -0.05) is 24.3 Å². The summed E-state index contributed by atoms with van der Waals surface area (Å²) in [5, 5.41) is 14.0. The number of aromatic nitrogens is 1. The average Bonchev–Trinajstić information content (AvgIpc) is 2.93. The van der Waals surface area contributed by atoms with Crippen LogP contribution >= 0.6 is 0 Å². The van der Waals surface area contributed by atoms with Gasteiger partial charge in [-0.2, -0.15) is 0 Å². The van der Waals surface area contributed by atoms with Gasteiger partial charge in [-0.25, -0.2) is 0 Å². The van der Waals surface area contributed by atoms with Crippen molar-refractivity contribution < 1.29 is 9.90 Å². The molecule has 2 heterocycles. The molecule has 0 aliphatic carbocycles. The van der Waals surface area contributed by atoms with Crippen LogP contribution in [0.1, 0.15) is 40.0 Å². The predicted molar refractivity (Wildman–Crippen MR) is 102 cm³/mol. The zero-order valence-electron chi connectivity index (χ0n) is 15.0. The van der Waals surface area contributed by atoms with E-state index in [2.05, 4.69) is 5.32 Å². The number of aromatic hydroxyl groups is 1. The van der Waals surface area contributed by atoms with Crippen molar-refractivity contribution in [2.75, 3.05) is 5.32 Å². The summed E-state index contributed by atoms with van der Waals surface area (Å²) in [5.41, 5.74) is 3.62. The van der Waals surface area contributed by atoms with E-state index in [1.807, 2.05) is 51.1 Å². The summed E-state index contributed by atoms with van der Waals surface area (Å²) in [6, 6.07) is 11.2. The number of aryl methyl sites for hydroxylation is 2. The molecule has 1 amide bonds. The second-order valence-electron chi connectivity index (χ2n) is 7.04. The van der Waals surface area contributed by atoms with Crippen LogP contribution in [0.4, 0.5) is 5.69 Å². The van der Waals surface area contributed by atoms with Crippen molar-refractivity contribution in [3.8, 4) is 5.75 Å². The number of hydrogen-bond acceptors (Lipinski definition) is 3. The van der Waals surface area contributed by atoms with Crippen molar-refractivity contribution in [3.63, 3.8) is 0 Å². The van der Waals surface area contributed by atoms with Crippen molar-refractivity contribution in [2.45, 2.75) is 33.2 Å². The highest BCUT2D eigenvalue weighted by Crippen LogP contribution is 2.36. The third-order valence-corrected chi connectivity index (χ3v) is 5.11. The van der Waals surface area contributed by atoms with Gasteiger partial charge in [0, 0.05) is 17.1 Å². The minimum atomic E-state index is -0.587. The Morgan fingerprint density at radius 2 is 2.00 bits per heavy atom. The fourth-order valence-corrected chi connectivity index (χ4v) is 3.78. The lowest BCUT2D eigenvalue weighted by Crippen LogP contribution is -2.30. The molecule has 1 atom stereocenters. The molecular weight excluding hydrogens is 328 g/mol. The Morgan fingerprint density at radius 3 is 2.77 bits per heavy atom. The van der Waals surface area contributed by atoms with Crippen molar-refractivity contribution in [2.24, 2.45) is 0 Å². The largest absolute Gasteiger partial charge is 0.506 e. The van der Waals surface area contributed by atoms with Gasteiger partial charge in [0.1, 0.15) is 11.3 Å². The molecule has 2 aromatic carbocycles. The van der Waals surface area contributed by atoms with Gasteiger partial charge in [0.25, 0.3) is 11.5 Å². The normalized spacial score (nSPS) is 15.4. The van der Waals surface area contributed by atoms with Crippen LogP contribution in [0.2, 0.25) is 0 Å². The molecular formula is C21H20N2O3. The molecule has 5 heteroatoms. The maximum absolute atomic E-state index is 13.0. The van der Waals surface area contributed by atoms with Gasteiger partial charge < -0.3 is 15.0 Å². The minimum Gasteiger partial charge on any atom is -0.506 e. The van der Waals surface area contributed by atoms with E-state index >= 15 is 0 Å². The molecule has 26 heavy (non-hydrogen) atoms. The molecule has 0 saturated carbocycles. The number of rotatable bonds is 2. The van der Waals surface area contributed by atoms with Crippen molar-refractivity contribution in [3.05, 3.63) is 69.0 Å². The molecule has 1 aliphatic heterocycles. The molecule has 1 aromatic heterocycles. The van der Waals surface area contributed by atoms with E-state index in [-0.39, 0.29) is 17.4 Å². The van der Waals surface area contributed by atoms with Crippen LogP contribution < -0.4 is 10.9 Å². The Bertz CT molecular complexity index is 1130. The number of pyridine rings is 1. The summed E-state index contributed by atoms with van der Waals surface area (Å²) < 4.78 is 1.63. The van der Waals surface area contributed by atoms with Crippen LogP contribution in [0.3, 0.4) is 0 Å². The first-order valence-corrected chi connectivity index (χ1v) is 8.66. The molecule has 3 aromatic rings. The lowest BCUT2D eigenvalue weighted by molar-refractivity contribution is 0.102. The molecule has 5 nitrogen and oxygen atoms in total. The SMILES string of the molecule is Cc1ccc(C)c(NC(=O)c2c(O)c3cccc4c3n(c2=O)[C@@H](C)C4)c1. The molecule has 0 spiro atoms. The zero-order chi connectivity index (χ0) is 18.6. The van der Waals surface area contributed by atoms with E-state index < -0.39 is 11.5 Å². The molecule has 0 saturated heterocycles. The summed E-state index contributed by atoms with van der Waals surface area (Å²) in [6.07, 6.45) is 0.716. The number of benzene rings is 2. The quantitative estimate of drug-likeness (QED) is 0.742. The summed E-state index contributed by atoms with van der Waals surface area (Å²) >= 11 is 0. The minimum absolute atomic E-state index is 0.0461. The van der Waals surface area contributed by atoms with E-state index in [4.69, 9.17) is 0 Å². The molecule has 0 bridgehead atoms. The highest BCUT2D eigenvalue weighted by Gasteiger charge is 2.29. The molecule has 0 unspecified atom stereocenters. The van der Waals surface area contributed by atoms with Crippen LogP contribution in [-0.4, -0.2) is 15.6 Å². The van der Waals surface area contributed by atoms with Gasteiger partial charge in [-0.15, -0.1) is 0 Å². The molecule has 132 valence electrons. The highest BCUT2D eigenvalue weighted by molar-refractivity contribution is 6.09. The Kier molecular flexibility index (Phi) is 3.61. The average molecular weight is 348 g/mol. The van der Waals surface area contributed by atoms with Crippen LogP contribution in [0.5, 0.6) is 5.75 Å². The van der Waals surface area contributed by atoms with Gasteiger partial charge in [-0.05, 0) is 56.0 Å². The summed E-state index contributed by atoms with van der Waals surface area (Å²) in [4.78, 5) is 25.9. The lowest BCUT2D eigenvalue weighted by Gasteiger charge is -2.15. The van der Waals surface area contributed by atoms with Gasteiger partial charge in [0.15, 0.2) is 0 Å². The van der Waals surface area contributed by atoms with Crippen molar-refractivity contribution in [1.29, 1.82) is 0 Å². The maximum Gasteiger partial charge on any atom is 0.268 e. The first-order valence-electron chi connectivity index (χ1n) is 8.66. The Labute approximate surface area is 150 Å². The van der Waals surface area contributed by atoms with Crippen LogP contribution in [-0.2, 0) is 6.42 Å². The van der Waals surface area contributed by atoms with E-state index in [0.717, 1.165) is 22.2 Å². The number of para-hydroxylation sites is 1. The predicted octanol–water partition coefficient (Wildman–Crippen LogP) is 3.69. The highest BCUT2D eigenvalue weighted by atomic mass is 16.3. The first kappa shape index (κ1) is 16.4. The van der Waals surface area contributed by atoms with Crippen LogP contribution in [0.25, 0.3) is 10.9 Å². The second-order valence-corrected chi connectivity index (χ2v) is 7.04. The monoisotopic (exact) mass is 348 g/mol. The fraction of sp³-hybridized carbons (Fsp3) is 0.238. The molecule has 1 aliphatic rings. The van der Waals surface area contributed by atoms with Crippen molar-refractivity contribution >= 4 is 22.5 Å². The first-order chi connectivity index (χ1) is 12.4. The summed E-state index contributed by atoms with van der Waals surface area (Å²) in [5.74, 6) is -0.837. The summed E-state index contributed by atoms with van der Waals surface area (Å²) in [7, 11) is 0. The van der Waals surface area contributed by atoms with E-state index in [1.165, 1.54) is 0 Å². The van der Waals surface area contributed by atoms with Crippen LogP contribution in [0, 0.1) is 13.8 Å². The molecule has 4 rings (SSSR count). The van der Waals surface area contributed by atoms with Gasteiger partial charge >= 0.3 is 0 Å². The molecule has 2 N–H and O–H groups in total. The molecule has 0 fully saturated rings. The van der Waals surface area contributed by atoms with E-state index in [9.17, 15) is 14.7 Å². The number of amides is 1. The number of carbonyl (C=O) groups is 1. The van der Waals surface area contributed by atoms with Gasteiger partial charge in [0.05, 0.1) is 5.52 Å². The number of nitrogens with zero attached hydrogens (tertiary/aromatic N) is 1. The van der Waals surface area contributed by atoms with E-state index in [1.54, 1.807) is 10.6 Å². The van der Waals surface area contributed by atoms with Gasteiger partial charge in [0.2, 0.25) is 0 Å². The standard InChI is InChI=1S/C21H20N2O3/c1-11-7-8-12(2)16(9-11)22-20(25)17-19(24)15-6-4-5-14-10-13(3)23(18(14)15)21(17)26/h4-9,13,24H,10H2,1-3H3,(H,22,25)/t13-/m0/s1. The number of anilines is 1. The summed E-state index contributed by atoms with van der Waals surface area (Å²) in [6.45, 7) is 5.77. The third-order valence-electron chi connectivity index (χ3n) is 5.11. The van der Waals surface area contributed by atoms with Crippen molar-refractivity contribution in [1.82, 2.24) is 4.57 Å². The Morgan fingerprint density at radius 1 is 1.23 bits per heavy atom. The number of hydrogen-bond donors (Lipinski definition) is 2. The number of nitrogens with one attached hydrogen (secondary N) is 1. The molecule has 0 radical (unpaired) electrons. The Hall–Kier alpha value is -3.08. The zero-order valence-corrected chi connectivity index (χ0v) is 15.0. The lowest BCUT2D eigenvalue weighted by atomic mass is 10.1. The Balaban J connectivity index is 1.89. The van der Waals surface area contributed by atoms with Gasteiger partial charge in [-0.3, -0.25) is 9.59 Å². The smallest absolute Gasteiger partial charge is 0.268 e. The van der Waals surface area contributed by atoms with E-state index in [0.29, 0.717) is 17.5 Å². The fourth-order valence-electron chi connectivity index (χ4n) is 3.78. The third kappa shape index (κ3) is 2.31. The second kappa shape index (κ2) is 5.73. The number of carbonyl (C=O) groups excluding carboxylic acids is 1. The topological polar surface area (TPSA) is 71.3 Å². The maximum atomic E-state index is 13.0. The van der Waals surface area contributed by atoms with Crippen LogP contribution in [0.15, 0.2) is 41.2 Å².